The lowest BCUT2D eigenvalue weighted by molar-refractivity contribution is -0.116. The molecule has 2 aromatic rings. The van der Waals surface area contributed by atoms with Gasteiger partial charge in [0.05, 0.1) is 0 Å². The largest absolute Gasteiger partial charge is 0.342 e. The molecular formula is C19H15F2N3O. The standard InChI is InChI=1S/C19H15F2N3O/c20-12-8-6-11(7-9-12)17-16-14(4-1-5-15(16)25)23-19(24-17)18-13(21)3-2-10-22-18/h2-3,6-10,17H,1,4-5H2,(H,23,24). The van der Waals surface area contributed by atoms with Crippen molar-refractivity contribution in [3.63, 3.8) is 0 Å². The lowest BCUT2D eigenvalue weighted by Gasteiger charge is -2.30. The zero-order valence-electron chi connectivity index (χ0n) is 13.3. The van der Waals surface area contributed by atoms with E-state index in [4.69, 9.17) is 0 Å². The molecule has 1 aromatic carbocycles. The van der Waals surface area contributed by atoms with Crippen molar-refractivity contribution in [2.45, 2.75) is 25.3 Å². The molecule has 0 spiro atoms. The maximum absolute atomic E-state index is 14.1. The van der Waals surface area contributed by atoms with Gasteiger partial charge in [0.2, 0.25) is 0 Å². The minimum atomic E-state index is -0.582. The molecule has 0 saturated heterocycles. The van der Waals surface area contributed by atoms with Crippen LogP contribution in [0.1, 0.15) is 36.6 Å². The molecule has 2 heterocycles. The van der Waals surface area contributed by atoms with Crippen molar-refractivity contribution in [3.05, 3.63) is 76.8 Å². The average molecular weight is 339 g/mol. The zero-order chi connectivity index (χ0) is 17.4. The molecule has 0 amide bonds. The van der Waals surface area contributed by atoms with Gasteiger partial charge in [-0.1, -0.05) is 12.1 Å². The number of nitrogens with one attached hydrogen (secondary N) is 1. The van der Waals surface area contributed by atoms with E-state index in [1.807, 2.05) is 0 Å². The van der Waals surface area contributed by atoms with E-state index in [9.17, 15) is 13.6 Å². The minimum Gasteiger partial charge on any atom is -0.342 e. The molecule has 1 aromatic heterocycles. The lowest BCUT2D eigenvalue weighted by Crippen LogP contribution is -2.36. The number of amidine groups is 1. The second kappa shape index (κ2) is 6.20. The van der Waals surface area contributed by atoms with Crippen LogP contribution in [0.4, 0.5) is 8.78 Å². The fourth-order valence-corrected chi connectivity index (χ4v) is 3.25. The monoisotopic (exact) mass is 339 g/mol. The number of Topliss-reactive ketones (excluding diaryl/α,β-unsaturated/α-hetero) is 1. The van der Waals surface area contributed by atoms with E-state index < -0.39 is 11.9 Å². The fourth-order valence-electron chi connectivity index (χ4n) is 3.25. The molecule has 2 aliphatic rings. The van der Waals surface area contributed by atoms with Crippen molar-refractivity contribution in [1.82, 2.24) is 10.3 Å². The predicted molar refractivity (Wildman–Crippen MR) is 88.9 cm³/mol. The van der Waals surface area contributed by atoms with Gasteiger partial charge >= 0.3 is 0 Å². The summed E-state index contributed by atoms with van der Waals surface area (Å²) in [5.74, 6) is -0.534. The number of nitrogens with zero attached hydrogens (tertiary/aromatic N) is 2. The molecule has 0 bridgehead atoms. The Hall–Kier alpha value is -2.89. The number of benzene rings is 1. The molecule has 1 aliphatic carbocycles. The smallest absolute Gasteiger partial charge is 0.163 e. The summed E-state index contributed by atoms with van der Waals surface area (Å²) in [6.07, 6.45) is 3.37. The molecule has 1 aliphatic heterocycles. The Labute approximate surface area is 143 Å². The van der Waals surface area contributed by atoms with Crippen molar-refractivity contribution >= 4 is 11.6 Å². The van der Waals surface area contributed by atoms with E-state index in [1.165, 1.54) is 30.5 Å². The fraction of sp³-hybridized carbons (Fsp3) is 0.211. The highest BCUT2D eigenvalue weighted by Gasteiger charge is 2.33. The summed E-state index contributed by atoms with van der Waals surface area (Å²) in [4.78, 5) is 21.1. The number of aliphatic imine (C=N–C) groups is 1. The quantitative estimate of drug-likeness (QED) is 0.912. The number of halogens is 2. The van der Waals surface area contributed by atoms with E-state index >= 15 is 0 Å². The van der Waals surface area contributed by atoms with Crippen LogP contribution in [0.15, 0.2) is 58.9 Å². The first kappa shape index (κ1) is 15.6. The number of rotatable bonds is 2. The van der Waals surface area contributed by atoms with E-state index in [0.717, 1.165) is 12.1 Å². The Kier molecular flexibility index (Phi) is 3.87. The molecule has 1 atom stereocenters. The van der Waals surface area contributed by atoms with Crippen LogP contribution in [0.25, 0.3) is 0 Å². The lowest BCUT2D eigenvalue weighted by atomic mass is 9.85. The van der Waals surface area contributed by atoms with Gasteiger partial charge in [0, 0.05) is 23.9 Å². The van der Waals surface area contributed by atoms with Crippen LogP contribution >= 0.6 is 0 Å². The summed E-state index contributed by atoms with van der Waals surface area (Å²) in [6, 6.07) is 8.12. The van der Waals surface area contributed by atoms with Gasteiger partial charge < -0.3 is 5.32 Å². The third-order valence-corrected chi connectivity index (χ3v) is 4.43. The van der Waals surface area contributed by atoms with Gasteiger partial charge in [-0.05, 0) is 42.7 Å². The maximum atomic E-state index is 14.1. The van der Waals surface area contributed by atoms with Crippen molar-refractivity contribution in [1.29, 1.82) is 0 Å². The van der Waals surface area contributed by atoms with Crippen LogP contribution in [0.5, 0.6) is 0 Å². The first-order chi connectivity index (χ1) is 12.1. The molecule has 0 saturated carbocycles. The van der Waals surface area contributed by atoms with E-state index in [2.05, 4.69) is 15.3 Å². The van der Waals surface area contributed by atoms with Crippen molar-refractivity contribution in [2.75, 3.05) is 0 Å². The van der Waals surface area contributed by atoms with E-state index in [0.29, 0.717) is 29.8 Å². The van der Waals surface area contributed by atoms with Crippen LogP contribution in [0, 0.1) is 11.6 Å². The molecule has 25 heavy (non-hydrogen) atoms. The average Bonchev–Trinajstić information content (AvgIpc) is 2.62. The number of ketones is 1. The van der Waals surface area contributed by atoms with Gasteiger partial charge in [-0.25, -0.2) is 13.8 Å². The summed E-state index contributed by atoms with van der Waals surface area (Å²) in [7, 11) is 0. The summed E-state index contributed by atoms with van der Waals surface area (Å²) in [5.41, 5.74) is 2.14. The molecular weight excluding hydrogens is 324 g/mol. The van der Waals surface area contributed by atoms with Crippen molar-refractivity contribution < 1.29 is 13.6 Å². The zero-order valence-corrected chi connectivity index (χ0v) is 13.3. The van der Waals surface area contributed by atoms with E-state index in [-0.39, 0.29) is 17.3 Å². The molecule has 126 valence electrons. The van der Waals surface area contributed by atoms with Gasteiger partial charge in [0.1, 0.15) is 17.6 Å². The number of carbonyl (C=O) groups is 1. The van der Waals surface area contributed by atoms with Gasteiger partial charge in [-0.15, -0.1) is 0 Å². The second-order valence-electron chi connectivity index (χ2n) is 6.06. The topological polar surface area (TPSA) is 54.4 Å². The first-order valence-electron chi connectivity index (χ1n) is 8.11. The molecule has 0 fully saturated rings. The van der Waals surface area contributed by atoms with Crippen molar-refractivity contribution in [3.8, 4) is 0 Å². The van der Waals surface area contributed by atoms with Crippen LogP contribution in [0.3, 0.4) is 0 Å². The predicted octanol–water partition coefficient (Wildman–Crippen LogP) is 3.46. The molecule has 6 heteroatoms. The van der Waals surface area contributed by atoms with Crippen LogP contribution in [0.2, 0.25) is 0 Å². The first-order valence-corrected chi connectivity index (χ1v) is 8.11. The number of aromatic nitrogens is 1. The summed E-state index contributed by atoms with van der Waals surface area (Å²) < 4.78 is 27.4. The Morgan fingerprint density at radius 2 is 1.88 bits per heavy atom. The van der Waals surface area contributed by atoms with Crippen LogP contribution in [-0.4, -0.2) is 16.6 Å². The Morgan fingerprint density at radius 1 is 1.08 bits per heavy atom. The maximum Gasteiger partial charge on any atom is 0.163 e. The molecule has 4 rings (SSSR count). The SMILES string of the molecule is O=C1CCCC2=C1C(c1ccc(F)cc1)N=C(c1ncccc1F)N2. The van der Waals surface area contributed by atoms with Crippen molar-refractivity contribution in [2.24, 2.45) is 4.99 Å². The number of allylic oxidation sites excluding steroid dienone is 1. The highest BCUT2D eigenvalue weighted by molar-refractivity contribution is 6.05. The molecule has 4 nitrogen and oxygen atoms in total. The Bertz CT molecular complexity index is 903. The minimum absolute atomic E-state index is 0.0207. The molecule has 1 unspecified atom stereocenters. The summed E-state index contributed by atoms with van der Waals surface area (Å²) in [5, 5.41) is 3.09. The van der Waals surface area contributed by atoms with Gasteiger partial charge in [-0.3, -0.25) is 9.79 Å². The number of pyridine rings is 1. The highest BCUT2D eigenvalue weighted by atomic mass is 19.1. The van der Waals surface area contributed by atoms with Crippen LogP contribution in [-0.2, 0) is 4.79 Å². The van der Waals surface area contributed by atoms with Gasteiger partial charge in [0.25, 0.3) is 0 Å². The van der Waals surface area contributed by atoms with Gasteiger partial charge in [0.15, 0.2) is 17.4 Å². The third-order valence-electron chi connectivity index (χ3n) is 4.43. The second-order valence-corrected chi connectivity index (χ2v) is 6.06. The summed E-state index contributed by atoms with van der Waals surface area (Å²) in [6.45, 7) is 0. The number of hydrogen-bond acceptors (Lipinski definition) is 4. The number of hydrogen-bond donors (Lipinski definition) is 1. The highest BCUT2D eigenvalue weighted by Crippen LogP contribution is 2.36. The Balaban J connectivity index is 1.84. The van der Waals surface area contributed by atoms with E-state index in [1.54, 1.807) is 12.1 Å². The molecule has 1 N–H and O–H groups in total. The molecule has 0 radical (unpaired) electrons. The van der Waals surface area contributed by atoms with Gasteiger partial charge in [-0.2, -0.15) is 0 Å². The number of carbonyl (C=O) groups excluding carboxylic acids is 1. The Morgan fingerprint density at radius 3 is 2.64 bits per heavy atom. The summed E-state index contributed by atoms with van der Waals surface area (Å²) >= 11 is 0. The third kappa shape index (κ3) is 2.84. The normalized spacial score (nSPS) is 20.0. The van der Waals surface area contributed by atoms with Crippen LogP contribution < -0.4 is 5.32 Å².